The first-order valence-electron chi connectivity index (χ1n) is 7.95. The van der Waals surface area contributed by atoms with Crippen LogP contribution in [0.4, 0.5) is 0 Å². The van der Waals surface area contributed by atoms with Crippen LogP contribution in [-0.2, 0) is 0 Å². The Balaban J connectivity index is 1.86. The molecule has 0 aliphatic rings. The van der Waals surface area contributed by atoms with E-state index < -0.39 is 6.10 Å². The maximum Gasteiger partial charge on any atom is 0.122 e. The van der Waals surface area contributed by atoms with E-state index in [9.17, 15) is 5.11 Å². The van der Waals surface area contributed by atoms with Crippen LogP contribution in [-0.4, -0.2) is 41.3 Å². The number of pyridine rings is 1. The minimum absolute atomic E-state index is 0.194. The molecule has 0 saturated heterocycles. The largest absolute Gasteiger partial charge is 0.491 e. The summed E-state index contributed by atoms with van der Waals surface area (Å²) in [6.07, 6.45) is 3.09. The lowest BCUT2D eigenvalue weighted by atomic mass is 10.1. The molecule has 0 fully saturated rings. The van der Waals surface area contributed by atoms with E-state index in [0.717, 1.165) is 22.4 Å². The van der Waals surface area contributed by atoms with Gasteiger partial charge in [0.1, 0.15) is 18.5 Å². The number of hydrogen-bond donors (Lipinski definition) is 1. The summed E-state index contributed by atoms with van der Waals surface area (Å²) < 4.78 is 5.78. The zero-order valence-corrected chi connectivity index (χ0v) is 14.4. The molecule has 2 aromatic rings. The van der Waals surface area contributed by atoms with Crippen molar-refractivity contribution in [2.75, 3.05) is 20.2 Å². The standard InChI is InChI=1S/C19H26N2O2/c1-14-7-8-15(2)19(10-14)23-13-18(22)12-21(4)16(3)17-6-5-9-20-11-17/h5-11,16,18,22H,12-13H2,1-4H3. The van der Waals surface area contributed by atoms with Gasteiger partial charge in [0.15, 0.2) is 0 Å². The van der Waals surface area contributed by atoms with E-state index in [1.54, 1.807) is 6.20 Å². The number of benzene rings is 1. The van der Waals surface area contributed by atoms with E-state index in [-0.39, 0.29) is 12.6 Å². The van der Waals surface area contributed by atoms with Crippen molar-refractivity contribution >= 4 is 0 Å². The Labute approximate surface area is 138 Å². The predicted molar refractivity (Wildman–Crippen MR) is 92.7 cm³/mol. The molecule has 0 bridgehead atoms. The normalized spacial score (nSPS) is 13.8. The second kappa shape index (κ2) is 8.09. The average molecular weight is 314 g/mol. The first-order valence-corrected chi connectivity index (χ1v) is 7.95. The van der Waals surface area contributed by atoms with Crippen molar-refractivity contribution in [3.05, 3.63) is 59.4 Å². The number of rotatable bonds is 7. The highest BCUT2D eigenvalue weighted by Gasteiger charge is 2.16. The first-order chi connectivity index (χ1) is 11.0. The molecule has 2 rings (SSSR count). The van der Waals surface area contributed by atoms with Gasteiger partial charge in [-0.2, -0.15) is 0 Å². The Morgan fingerprint density at radius 1 is 1.26 bits per heavy atom. The summed E-state index contributed by atoms with van der Waals surface area (Å²) in [4.78, 5) is 6.25. The maximum absolute atomic E-state index is 10.3. The van der Waals surface area contributed by atoms with Crippen molar-refractivity contribution < 1.29 is 9.84 Å². The van der Waals surface area contributed by atoms with Gasteiger partial charge in [0.05, 0.1) is 0 Å². The molecule has 1 N–H and O–H groups in total. The van der Waals surface area contributed by atoms with Crippen molar-refractivity contribution in [2.24, 2.45) is 0 Å². The maximum atomic E-state index is 10.3. The van der Waals surface area contributed by atoms with Crippen LogP contribution in [0, 0.1) is 13.8 Å². The quantitative estimate of drug-likeness (QED) is 0.853. The summed E-state index contributed by atoms with van der Waals surface area (Å²) in [6, 6.07) is 10.3. The van der Waals surface area contributed by atoms with Crippen LogP contribution in [0.15, 0.2) is 42.7 Å². The molecule has 4 heteroatoms. The van der Waals surface area contributed by atoms with Gasteiger partial charge in [-0.15, -0.1) is 0 Å². The molecule has 2 unspecified atom stereocenters. The smallest absolute Gasteiger partial charge is 0.122 e. The van der Waals surface area contributed by atoms with Crippen molar-refractivity contribution in [2.45, 2.75) is 32.9 Å². The minimum Gasteiger partial charge on any atom is -0.491 e. The molecule has 1 aromatic carbocycles. The molecule has 0 radical (unpaired) electrons. The van der Waals surface area contributed by atoms with Gasteiger partial charge in [-0.05, 0) is 56.6 Å². The number of nitrogens with zero attached hydrogens (tertiary/aromatic N) is 2. The monoisotopic (exact) mass is 314 g/mol. The average Bonchev–Trinajstić information content (AvgIpc) is 2.55. The van der Waals surface area contributed by atoms with E-state index in [1.165, 1.54) is 0 Å². The first kappa shape index (κ1) is 17.4. The number of aliphatic hydroxyl groups is 1. The zero-order chi connectivity index (χ0) is 16.8. The highest BCUT2D eigenvalue weighted by Crippen LogP contribution is 2.20. The summed E-state index contributed by atoms with van der Waals surface area (Å²) in [7, 11) is 2.00. The molecule has 1 aromatic heterocycles. The third-order valence-corrected chi connectivity index (χ3v) is 4.10. The lowest BCUT2D eigenvalue weighted by molar-refractivity contribution is 0.0651. The SMILES string of the molecule is Cc1ccc(C)c(OCC(O)CN(C)C(C)c2cccnc2)c1. The van der Waals surface area contributed by atoms with Gasteiger partial charge in [0.25, 0.3) is 0 Å². The molecule has 0 amide bonds. The molecule has 2 atom stereocenters. The fourth-order valence-electron chi connectivity index (χ4n) is 2.47. The van der Waals surface area contributed by atoms with Gasteiger partial charge >= 0.3 is 0 Å². The number of hydrogen-bond acceptors (Lipinski definition) is 4. The van der Waals surface area contributed by atoms with Crippen molar-refractivity contribution in [3.63, 3.8) is 0 Å². The van der Waals surface area contributed by atoms with Gasteiger partial charge in [0, 0.05) is 25.0 Å². The van der Waals surface area contributed by atoms with Crippen LogP contribution in [0.3, 0.4) is 0 Å². The van der Waals surface area contributed by atoms with Gasteiger partial charge < -0.3 is 9.84 Å². The lowest BCUT2D eigenvalue weighted by Crippen LogP contribution is -2.34. The molecule has 0 spiro atoms. The van der Waals surface area contributed by atoms with Crippen LogP contribution < -0.4 is 4.74 Å². The second-order valence-corrected chi connectivity index (χ2v) is 6.14. The number of aliphatic hydroxyl groups excluding tert-OH is 1. The van der Waals surface area contributed by atoms with Crippen molar-refractivity contribution in [1.82, 2.24) is 9.88 Å². The Morgan fingerprint density at radius 3 is 2.74 bits per heavy atom. The van der Waals surface area contributed by atoms with E-state index >= 15 is 0 Å². The third kappa shape index (κ3) is 5.05. The highest BCUT2D eigenvalue weighted by atomic mass is 16.5. The van der Waals surface area contributed by atoms with Crippen LogP contribution >= 0.6 is 0 Å². The van der Waals surface area contributed by atoms with Crippen molar-refractivity contribution in [1.29, 1.82) is 0 Å². The summed E-state index contributed by atoms with van der Waals surface area (Å²) in [6.45, 7) is 6.98. The Kier molecular flexibility index (Phi) is 6.13. The molecule has 4 nitrogen and oxygen atoms in total. The summed E-state index contributed by atoms with van der Waals surface area (Å²) in [5.74, 6) is 0.840. The molecule has 1 heterocycles. The number of aromatic nitrogens is 1. The topological polar surface area (TPSA) is 45.6 Å². The van der Waals surface area contributed by atoms with Gasteiger partial charge in [-0.3, -0.25) is 9.88 Å². The van der Waals surface area contributed by atoms with Gasteiger partial charge in [-0.1, -0.05) is 18.2 Å². The van der Waals surface area contributed by atoms with Crippen LogP contribution in [0.1, 0.15) is 29.7 Å². The lowest BCUT2D eigenvalue weighted by Gasteiger charge is -2.27. The molecule has 124 valence electrons. The minimum atomic E-state index is -0.543. The molecule has 23 heavy (non-hydrogen) atoms. The fourth-order valence-corrected chi connectivity index (χ4v) is 2.47. The van der Waals surface area contributed by atoms with Crippen LogP contribution in [0.2, 0.25) is 0 Å². The summed E-state index contributed by atoms with van der Waals surface area (Å²) in [5, 5.41) is 10.3. The van der Waals surface area contributed by atoms with E-state index in [2.05, 4.69) is 22.9 Å². The second-order valence-electron chi connectivity index (χ2n) is 6.14. The summed E-state index contributed by atoms with van der Waals surface area (Å²) in [5.41, 5.74) is 3.37. The summed E-state index contributed by atoms with van der Waals surface area (Å²) >= 11 is 0. The molecule has 0 saturated carbocycles. The van der Waals surface area contributed by atoms with Gasteiger partial charge in [-0.25, -0.2) is 0 Å². The molecular weight excluding hydrogens is 288 g/mol. The third-order valence-electron chi connectivity index (χ3n) is 4.10. The van der Waals surface area contributed by atoms with E-state index in [0.29, 0.717) is 6.54 Å². The van der Waals surface area contributed by atoms with E-state index in [4.69, 9.17) is 4.74 Å². The van der Waals surface area contributed by atoms with E-state index in [1.807, 2.05) is 51.4 Å². The Bertz CT molecular complexity index is 616. The predicted octanol–water partition coefficient (Wildman–Crippen LogP) is 3.13. The Morgan fingerprint density at radius 2 is 2.04 bits per heavy atom. The Hall–Kier alpha value is -1.91. The molecular formula is C19H26N2O2. The fraction of sp³-hybridized carbons (Fsp3) is 0.421. The highest BCUT2D eigenvalue weighted by molar-refractivity contribution is 5.35. The zero-order valence-electron chi connectivity index (χ0n) is 14.4. The van der Waals surface area contributed by atoms with Gasteiger partial charge in [0.2, 0.25) is 0 Å². The molecule has 0 aliphatic carbocycles. The number of ether oxygens (including phenoxy) is 1. The number of aryl methyl sites for hydroxylation is 2. The van der Waals surface area contributed by atoms with Crippen LogP contribution in [0.5, 0.6) is 5.75 Å². The number of likely N-dealkylation sites (N-methyl/N-ethyl adjacent to an activating group) is 1. The van der Waals surface area contributed by atoms with Crippen molar-refractivity contribution in [3.8, 4) is 5.75 Å². The van der Waals surface area contributed by atoms with Crippen LogP contribution in [0.25, 0.3) is 0 Å². The molecule has 0 aliphatic heterocycles.